The van der Waals surface area contributed by atoms with E-state index >= 15 is 0 Å². The van der Waals surface area contributed by atoms with Crippen molar-refractivity contribution in [3.05, 3.63) is 33.8 Å². The molecule has 2 aliphatic rings. The predicted molar refractivity (Wildman–Crippen MR) is 77.7 cm³/mol. The molecule has 3 nitrogen and oxygen atoms in total. The van der Waals surface area contributed by atoms with Crippen LogP contribution in [-0.2, 0) is 4.74 Å². The summed E-state index contributed by atoms with van der Waals surface area (Å²) in [5, 5.41) is 1.22. The maximum Gasteiger partial charge on any atom is 0.0707 e. The van der Waals surface area contributed by atoms with Crippen LogP contribution in [0.15, 0.2) is 18.2 Å². The maximum atomic E-state index is 6.33. The second-order valence-corrected chi connectivity index (χ2v) is 6.09. The molecule has 104 valence electrons. The molecule has 2 bridgehead atoms. The summed E-state index contributed by atoms with van der Waals surface area (Å²) in [4.78, 5) is 2.39. The minimum absolute atomic E-state index is 0.123. The molecule has 2 saturated heterocycles. The van der Waals surface area contributed by atoms with E-state index in [9.17, 15) is 0 Å². The topological polar surface area (TPSA) is 38.5 Å². The fourth-order valence-corrected chi connectivity index (χ4v) is 3.59. The molecule has 2 fully saturated rings. The van der Waals surface area contributed by atoms with Gasteiger partial charge in [-0.1, -0.05) is 35.3 Å². The largest absolute Gasteiger partial charge is 0.372 e. The molecule has 0 saturated carbocycles. The summed E-state index contributed by atoms with van der Waals surface area (Å²) in [5.74, 6) is 0. The molecule has 3 rings (SSSR count). The van der Waals surface area contributed by atoms with Crippen molar-refractivity contribution in [2.45, 2.75) is 31.1 Å². The van der Waals surface area contributed by atoms with Crippen LogP contribution in [0.5, 0.6) is 0 Å². The number of fused-ring (bicyclic) bond motifs is 2. The van der Waals surface area contributed by atoms with Crippen LogP contribution in [0, 0.1) is 0 Å². The Morgan fingerprint density at radius 1 is 1.26 bits per heavy atom. The monoisotopic (exact) mass is 300 g/mol. The number of hydrogen-bond acceptors (Lipinski definition) is 3. The number of morpholine rings is 1. The minimum atomic E-state index is 0.123. The molecule has 1 aromatic carbocycles. The zero-order chi connectivity index (χ0) is 13.4. The van der Waals surface area contributed by atoms with Gasteiger partial charge in [0.2, 0.25) is 0 Å². The van der Waals surface area contributed by atoms with Crippen LogP contribution in [0.1, 0.15) is 24.4 Å². The summed E-state index contributed by atoms with van der Waals surface area (Å²) in [6.07, 6.45) is 3.01. The molecule has 2 N–H and O–H groups in total. The first kappa shape index (κ1) is 13.7. The Morgan fingerprint density at radius 2 is 1.95 bits per heavy atom. The standard InChI is InChI=1S/C14H18Cl2N2O/c15-12-3-1-2-11(14(12)16)13(6-17)18-7-9-4-5-10(8-18)19-9/h1-3,9-10,13H,4-8,17H2. The Kier molecular flexibility index (Phi) is 4.01. The third-order valence-corrected chi connectivity index (χ3v) is 4.91. The van der Waals surface area contributed by atoms with Gasteiger partial charge in [0.15, 0.2) is 0 Å². The quantitative estimate of drug-likeness (QED) is 0.933. The van der Waals surface area contributed by atoms with E-state index in [4.69, 9.17) is 33.7 Å². The fraction of sp³-hybridized carbons (Fsp3) is 0.571. The molecule has 3 atom stereocenters. The van der Waals surface area contributed by atoms with Crippen LogP contribution in [0.4, 0.5) is 0 Å². The Labute approximate surface area is 123 Å². The maximum absolute atomic E-state index is 6.33. The molecule has 0 aliphatic carbocycles. The van der Waals surface area contributed by atoms with Gasteiger partial charge in [-0.2, -0.15) is 0 Å². The normalized spacial score (nSPS) is 28.6. The van der Waals surface area contributed by atoms with Gasteiger partial charge in [0, 0.05) is 25.7 Å². The number of benzene rings is 1. The Balaban J connectivity index is 1.86. The van der Waals surface area contributed by atoms with E-state index < -0.39 is 0 Å². The highest BCUT2D eigenvalue weighted by Gasteiger charge is 2.37. The van der Waals surface area contributed by atoms with E-state index in [0.717, 1.165) is 31.5 Å². The second-order valence-electron chi connectivity index (χ2n) is 5.31. The molecular weight excluding hydrogens is 283 g/mol. The molecule has 3 unspecified atom stereocenters. The average molecular weight is 301 g/mol. The van der Waals surface area contributed by atoms with Crippen LogP contribution in [0.25, 0.3) is 0 Å². The Bertz CT molecular complexity index is 457. The third-order valence-electron chi connectivity index (χ3n) is 4.08. The summed E-state index contributed by atoms with van der Waals surface area (Å²) < 4.78 is 5.87. The van der Waals surface area contributed by atoms with Gasteiger partial charge in [-0.15, -0.1) is 0 Å². The molecule has 2 aliphatic heterocycles. The predicted octanol–water partition coefficient (Wildman–Crippen LogP) is 2.86. The van der Waals surface area contributed by atoms with Crippen LogP contribution >= 0.6 is 23.2 Å². The number of nitrogens with two attached hydrogens (primary N) is 1. The van der Waals surface area contributed by atoms with E-state index in [0.29, 0.717) is 28.8 Å². The number of likely N-dealkylation sites (tertiary alicyclic amines) is 1. The Morgan fingerprint density at radius 3 is 2.58 bits per heavy atom. The Hall–Kier alpha value is -0.320. The number of rotatable bonds is 3. The van der Waals surface area contributed by atoms with Gasteiger partial charge in [0.05, 0.1) is 22.3 Å². The van der Waals surface area contributed by atoms with Crippen molar-refractivity contribution in [3.8, 4) is 0 Å². The first-order valence-electron chi connectivity index (χ1n) is 6.72. The minimum Gasteiger partial charge on any atom is -0.372 e. The molecule has 19 heavy (non-hydrogen) atoms. The van der Waals surface area contributed by atoms with Crippen molar-refractivity contribution in [2.75, 3.05) is 19.6 Å². The smallest absolute Gasteiger partial charge is 0.0707 e. The summed E-state index contributed by atoms with van der Waals surface area (Å²) in [6.45, 7) is 2.40. The number of halogens is 2. The van der Waals surface area contributed by atoms with E-state index in [2.05, 4.69) is 4.90 Å². The van der Waals surface area contributed by atoms with Crippen LogP contribution in [0.3, 0.4) is 0 Å². The van der Waals surface area contributed by atoms with E-state index in [1.165, 1.54) is 0 Å². The van der Waals surface area contributed by atoms with Crippen molar-refractivity contribution < 1.29 is 4.74 Å². The third kappa shape index (κ3) is 2.63. The first-order valence-corrected chi connectivity index (χ1v) is 7.48. The van der Waals surface area contributed by atoms with Crippen molar-refractivity contribution >= 4 is 23.2 Å². The molecule has 1 aromatic rings. The fourth-order valence-electron chi connectivity index (χ4n) is 3.15. The van der Waals surface area contributed by atoms with Gasteiger partial charge >= 0.3 is 0 Å². The number of nitrogens with zero attached hydrogens (tertiary/aromatic N) is 1. The molecule has 5 heteroatoms. The summed E-state index contributed by atoms with van der Waals surface area (Å²) >= 11 is 12.4. The summed E-state index contributed by atoms with van der Waals surface area (Å²) in [6, 6.07) is 5.88. The van der Waals surface area contributed by atoms with Gasteiger partial charge in [-0.25, -0.2) is 0 Å². The highest BCUT2D eigenvalue weighted by Crippen LogP contribution is 2.36. The first-order chi connectivity index (χ1) is 9.19. The lowest BCUT2D eigenvalue weighted by Crippen LogP contribution is -2.46. The highest BCUT2D eigenvalue weighted by molar-refractivity contribution is 6.42. The second kappa shape index (κ2) is 5.58. The molecule has 0 aromatic heterocycles. The molecule has 0 amide bonds. The highest BCUT2D eigenvalue weighted by atomic mass is 35.5. The van der Waals surface area contributed by atoms with E-state index in [1.807, 2.05) is 18.2 Å². The molecular formula is C14H18Cl2N2O. The van der Waals surface area contributed by atoms with Crippen LogP contribution in [0.2, 0.25) is 10.0 Å². The lowest BCUT2D eigenvalue weighted by atomic mass is 10.0. The number of ether oxygens (including phenoxy) is 1. The van der Waals surface area contributed by atoms with Crippen molar-refractivity contribution in [2.24, 2.45) is 5.73 Å². The average Bonchev–Trinajstić information content (AvgIpc) is 2.74. The lowest BCUT2D eigenvalue weighted by Gasteiger charge is -2.38. The summed E-state index contributed by atoms with van der Waals surface area (Å²) in [5.41, 5.74) is 7.01. The molecule has 0 radical (unpaired) electrons. The van der Waals surface area contributed by atoms with Gasteiger partial charge in [0.1, 0.15) is 0 Å². The zero-order valence-corrected chi connectivity index (χ0v) is 12.2. The van der Waals surface area contributed by atoms with Gasteiger partial charge in [-0.05, 0) is 24.5 Å². The van der Waals surface area contributed by atoms with E-state index in [1.54, 1.807) is 0 Å². The van der Waals surface area contributed by atoms with Gasteiger partial charge in [0.25, 0.3) is 0 Å². The summed E-state index contributed by atoms with van der Waals surface area (Å²) in [7, 11) is 0. The van der Waals surface area contributed by atoms with Crippen molar-refractivity contribution in [3.63, 3.8) is 0 Å². The lowest BCUT2D eigenvalue weighted by molar-refractivity contribution is -0.0520. The molecule has 2 heterocycles. The van der Waals surface area contributed by atoms with Gasteiger partial charge < -0.3 is 10.5 Å². The SMILES string of the molecule is NCC(c1cccc(Cl)c1Cl)N1CC2CCC(C1)O2. The van der Waals surface area contributed by atoms with Crippen LogP contribution < -0.4 is 5.73 Å². The zero-order valence-electron chi connectivity index (χ0n) is 10.7. The van der Waals surface area contributed by atoms with E-state index in [-0.39, 0.29) is 6.04 Å². The van der Waals surface area contributed by atoms with Crippen LogP contribution in [-0.4, -0.2) is 36.7 Å². The van der Waals surface area contributed by atoms with Gasteiger partial charge in [-0.3, -0.25) is 4.90 Å². The van der Waals surface area contributed by atoms with Crippen molar-refractivity contribution in [1.82, 2.24) is 4.90 Å². The van der Waals surface area contributed by atoms with Crippen molar-refractivity contribution in [1.29, 1.82) is 0 Å². The number of hydrogen-bond donors (Lipinski definition) is 1. The molecule has 0 spiro atoms.